The lowest BCUT2D eigenvalue weighted by Gasteiger charge is -2.23. The van der Waals surface area contributed by atoms with Crippen LogP contribution in [0.15, 0.2) is 48.5 Å². The molecule has 1 heterocycles. The van der Waals surface area contributed by atoms with E-state index in [9.17, 15) is 9.59 Å². The van der Waals surface area contributed by atoms with E-state index in [0.717, 1.165) is 22.2 Å². The van der Waals surface area contributed by atoms with Crippen LogP contribution >= 0.6 is 11.3 Å². The summed E-state index contributed by atoms with van der Waals surface area (Å²) in [6, 6.07) is 14.3. The first kappa shape index (κ1) is 19.0. The third kappa shape index (κ3) is 4.52. The van der Waals surface area contributed by atoms with Gasteiger partial charge >= 0.3 is 0 Å². The topological polar surface area (TPSA) is 71.1 Å². The third-order valence-corrected chi connectivity index (χ3v) is 5.53. The summed E-state index contributed by atoms with van der Waals surface area (Å²) < 4.78 is 1.03. The molecular formula is C21H23N3O2S. The molecule has 0 unspecified atom stereocenters. The smallest absolute Gasteiger partial charge is 0.251 e. The van der Waals surface area contributed by atoms with Crippen molar-refractivity contribution in [1.82, 2.24) is 10.3 Å². The molecule has 3 rings (SSSR count). The molecule has 0 fully saturated rings. The Morgan fingerprint density at radius 2 is 1.89 bits per heavy atom. The maximum absolute atomic E-state index is 12.9. The molecule has 0 saturated carbocycles. The van der Waals surface area contributed by atoms with Crippen molar-refractivity contribution >= 4 is 38.5 Å². The van der Waals surface area contributed by atoms with E-state index in [-0.39, 0.29) is 17.7 Å². The molecule has 2 amide bonds. The van der Waals surface area contributed by atoms with E-state index in [0.29, 0.717) is 10.7 Å². The molecule has 0 saturated heterocycles. The van der Waals surface area contributed by atoms with E-state index in [1.807, 2.05) is 45.0 Å². The fourth-order valence-corrected chi connectivity index (χ4v) is 3.75. The van der Waals surface area contributed by atoms with Crippen LogP contribution in [-0.2, 0) is 4.79 Å². The number of amides is 2. The molecule has 0 aliphatic rings. The van der Waals surface area contributed by atoms with Crippen LogP contribution in [0.2, 0.25) is 0 Å². The lowest BCUT2D eigenvalue weighted by atomic mass is 9.98. The van der Waals surface area contributed by atoms with Crippen molar-refractivity contribution < 1.29 is 9.59 Å². The lowest BCUT2D eigenvalue weighted by molar-refractivity contribution is -0.119. The van der Waals surface area contributed by atoms with Crippen molar-refractivity contribution in [3.63, 3.8) is 0 Å². The van der Waals surface area contributed by atoms with Crippen molar-refractivity contribution in [2.75, 3.05) is 5.32 Å². The summed E-state index contributed by atoms with van der Waals surface area (Å²) in [6.07, 6.45) is 0.770. The van der Waals surface area contributed by atoms with E-state index < -0.39 is 6.04 Å². The molecule has 3 aromatic rings. The first-order valence-electron chi connectivity index (χ1n) is 9.02. The minimum absolute atomic E-state index is 0.00529. The van der Waals surface area contributed by atoms with Gasteiger partial charge in [0.2, 0.25) is 5.91 Å². The molecule has 0 bridgehead atoms. The molecule has 140 valence electrons. The van der Waals surface area contributed by atoms with Gasteiger partial charge < -0.3 is 10.6 Å². The van der Waals surface area contributed by atoms with Crippen LogP contribution in [0.4, 0.5) is 5.13 Å². The second-order valence-electron chi connectivity index (χ2n) is 6.68. The number of anilines is 1. The number of thiazole rings is 1. The van der Waals surface area contributed by atoms with Crippen LogP contribution in [0.25, 0.3) is 10.2 Å². The molecule has 0 aliphatic carbocycles. The summed E-state index contributed by atoms with van der Waals surface area (Å²) in [5, 5.41) is 6.29. The maximum atomic E-state index is 12.9. The number of fused-ring (bicyclic) bond motifs is 1. The first-order valence-corrected chi connectivity index (χ1v) is 9.83. The van der Waals surface area contributed by atoms with Gasteiger partial charge in [0.1, 0.15) is 6.04 Å². The monoisotopic (exact) mass is 381 g/mol. The molecule has 27 heavy (non-hydrogen) atoms. The van der Waals surface area contributed by atoms with E-state index in [1.165, 1.54) is 11.3 Å². The van der Waals surface area contributed by atoms with Gasteiger partial charge in [0.25, 0.3) is 5.91 Å². The molecule has 2 atom stereocenters. The Hall–Kier alpha value is -2.73. The highest BCUT2D eigenvalue weighted by molar-refractivity contribution is 7.22. The zero-order valence-electron chi connectivity index (χ0n) is 15.7. The van der Waals surface area contributed by atoms with Crippen LogP contribution in [0.3, 0.4) is 0 Å². The second-order valence-corrected chi connectivity index (χ2v) is 7.71. The average Bonchev–Trinajstić information content (AvgIpc) is 3.07. The third-order valence-electron chi connectivity index (χ3n) is 4.59. The van der Waals surface area contributed by atoms with E-state index in [4.69, 9.17) is 0 Å². The Morgan fingerprint density at radius 3 is 2.59 bits per heavy atom. The summed E-state index contributed by atoms with van der Waals surface area (Å²) in [5.41, 5.74) is 2.54. The number of nitrogens with one attached hydrogen (secondary N) is 2. The molecule has 1 aromatic heterocycles. The normalized spacial score (nSPS) is 13.1. The largest absolute Gasteiger partial charge is 0.340 e. The SMILES string of the molecule is CC[C@H](C)[C@H](NC(=O)c1ccccc1)C(=O)Nc1nc2ccc(C)cc2s1. The van der Waals surface area contributed by atoms with Gasteiger partial charge in [-0.25, -0.2) is 4.98 Å². The van der Waals surface area contributed by atoms with Gasteiger partial charge in [-0.1, -0.05) is 55.9 Å². The predicted molar refractivity (Wildman–Crippen MR) is 110 cm³/mol. The molecule has 0 spiro atoms. The number of aromatic nitrogens is 1. The molecule has 6 heteroatoms. The van der Waals surface area contributed by atoms with Crippen LogP contribution in [0.5, 0.6) is 0 Å². The van der Waals surface area contributed by atoms with Gasteiger partial charge in [-0.05, 0) is 42.7 Å². The van der Waals surface area contributed by atoms with Crippen LogP contribution < -0.4 is 10.6 Å². The Balaban J connectivity index is 1.77. The standard InChI is InChI=1S/C21H23N3O2S/c1-4-14(3)18(23-19(25)15-8-6-5-7-9-15)20(26)24-21-22-16-11-10-13(2)12-17(16)27-21/h5-12,14,18H,4H2,1-3H3,(H,23,25)(H,22,24,26)/t14-,18-/m0/s1. The summed E-state index contributed by atoms with van der Waals surface area (Å²) in [4.78, 5) is 29.8. The van der Waals surface area contributed by atoms with Gasteiger partial charge in [0, 0.05) is 5.56 Å². The Morgan fingerprint density at radius 1 is 1.15 bits per heavy atom. The highest BCUT2D eigenvalue weighted by Gasteiger charge is 2.27. The predicted octanol–water partition coefficient (Wildman–Crippen LogP) is 4.39. The average molecular weight is 382 g/mol. The van der Waals surface area contributed by atoms with E-state index >= 15 is 0 Å². The van der Waals surface area contributed by atoms with Crippen molar-refractivity contribution in [2.45, 2.75) is 33.2 Å². The van der Waals surface area contributed by atoms with Crippen molar-refractivity contribution in [1.29, 1.82) is 0 Å². The van der Waals surface area contributed by atoms with E-state index in [2.05, 4.69) is 15.6 Å². The number of hydrogen-bond acceptors (Lipinski definition) is 4. The number of aryl methyl sites for hydroxylation is 1. The Bertz CT molecular complexity index is 952. The Labute approximate surface area is 162 Å². The van der Waals surface area contributed by atoms with Gasteiger partial charge in [0.05, 0.1) is 10.2 Å². The van der Waals surface area contributed by atoms with Gasteiger partial charge in [0.15, 0.2) is 5.13 Å². The van der Waals surface area contributed by atoms with Crippen LogP contribution in [0, 0.1) is 12.8 Å². The quantitative estimate of drug-likeness (QED) is 0.665. The lowest BCUT2D eigenvalue weighted by Crippen LogP contribution is -2.47. The minimum atomic E-state index is -0.628. The van der Waals surface area contributed by atoms with Crippen molar-refractivity contribution in [3.05, 3.63) is 59.7 Å². The number of nitrogens with zero attached hydrogens (tertiary/aromatic N) is 1. The first-order chi connectivity index (χ1) is 13.0. The molecule has 5 nitrogen and oxygen atoms in total. The molecular weight excluding hydrogens is 358 g/mol. The van der Waals surface area contributed by atoms with Crippen molar-refractivity contribution in [2.24, 2.45) is 5.92 Å². The summed E-state index contributed by atoms with van der Waals surface area (Å²) in [6.45, 7) is 5.98. The van der Waals surface area contributed by atoms with Gasteiger partial charge in [-0.3, -0.25) is 9.59 Å². The van der Waals surface area contributed by atoms with Crippen molar-refractivity contribution in [3.8, 4) is 0 Å². The van der Waals surface area contributed by atoms with Gasteiger partial charge in [-0.2, -0.15) is 0 Å². The highest BCUT2D eigenvalue weighted by Crippen LogP contribution is 2.27. The summed E-state index contributed by atoms with van der Waals surface area (Å²) >= 11 is 1.44. The number of carbonyl (C=O) groups excluding carboxylic acids is 2. The zero-order chi connectivity index (χ0) is 19.4. The van der Waals surface area contributed by atoms with E-state index in [1.54, 1.807) is 24.3 Å². The number of rotatable bonds is 6. The fourth-order valence-electron chi connectivity index (χ4n) is 2.78. The Kier molecular flexibility index (Phi) is 5.86. The molecule has 2 aromatic carbocycles. The summed E-state index contributed by atoms with van der Waals surface area (Å²) in [5.74, 6) is -0.505. The fraction of sp³-hybridized carbons (Fsp3) is 0.286. The molecule has 2 N–H and O–H groups in total. The summed E-state index contributed by atoms with van der Waals surface area (Å²) in [7, 11) is 0. The molecule has 0 aliphatic heterocycles. The number of benzene rings is 2. The zero-order valence-corrected chi connectivity index (χ0v) is 16.5. The number of hydrogen-bond donors (Lipinski definition) is 2. The highest BCUT2D eigenvalue weighted by atomic mass is 32.1. The van der Waals surface area contributed by atoms with Crippen LogP contribution in [-0.4, -0.2) is 22.8 Å². The molecule has 0 radical (unpaired) electrons. The van der Waals surface area contributed by atoms with Crippen LogP contribution in [0.1, 0.15) is 36.2 Å². The number of carbonyl (C=O) groups is 2. The van der Waals surface area contributed by atoms with Gasteiger partial charge in [-0.15, -0.1) is 0 Å². The maximum Gasteiger partial charge on any atom is 0.251 e. The second kappa shape index (κ2) is 8.31. The minimum Gasteiger partial charge on any atom is -0.340 e.